The summed E-state index contributed by atoms with van der Waals surface area (Å²) in [5.74, 6) is -0.357. The van der Waals surface area contributed by atoms with Crippen molar-refractivity contribution >= 4 is 38.9 Å². The number of aryl methyl sites for hydroxylation is 1. The summed E-state index contributed by atoms with van der Waals surface area (Å²) >= 11 is 7.25. The van der Waals surface area contributed by atoms with E-state index in [0.717, 1.165) is 5.56 Å². The number of nitrogens with one attached hydrogen (secondary N) is 2. The first-order chi connectivity index (χ1) is 12.9. The van der Waals surface area contributed by atoms with Crippen LogP contribution in [0.2, 0.25) is 5.02 Å². The normalized spacial score (nSPS) is 12.7. The van der Waals surface area contributed by atoms with Gasteiger partial charge in [-0.2, -0.15) is 5.10 Å². The molecule has 7 nitrogen and oxygen atoms in total. The van der Waals surface area contributed by atoms with Gasteiger partial charge in [0.25, 0.3) is 5.91 Å². The van der Waals surface area contributed by atoms with Gasteiger partial charge in [-0.25, -0.2) is 13.1 Å². The van der Waals surface area contributed by atoms with Crippen LogP contribution in [-0.2, 0) is 17.1 Å². The molecule has 1 amide bonds. The summed E-state index contributed by atoms with van der Waals surface area (Å²) in [4.78, 5) is 13.0. The maximum absolute atomic E-state index is 12.5. The highest BCUT2D eigenvalue weighted by atomic mass is 35.5. The smallest absolute Gasteiger partial charge is 0.263 e. The number of rotatable bonds is 7. The highest BCUT2D eigenvalue weighted by Gasteiger charge is 2.22. The van der Waals surface area contributed by atoms with Crippen molar-refractivity contribution in [1.29, 1.82) is 0 Å². The second-order valence-corrected chi connectivity index (χ2v) is 8.83. The number of halogens is 1. The molecule has 0 bridgehead atoms. The fourth-order valence-electron chi connectivity index (χ4n) is 2.43. The lowest BCUT2D eigenvalue weighted by atomic mass is 10.1. The van der Waals surface area contributed by atoms with Crippen LogP contribution in [0.5, 0.6) is 0 Å². The van der Waals surface area contributed by atoms with Crippen LogP contribution in [0.15, 0.2) is 59.1 Å². The summed E-state index contributed by atoms with van der Waals surface area (Å²) < 4.78 is 28.8. The molecule has 2 N–H and O–H groups in total. The van der Waals surface area contributed by atoms with Gasteiger partial charge in [0.05, 0.1) is 17.3 Å². The lowest BCUT2D eigenvalue weighted by Crippen LogP contribution is -2.37. The Labute approximate surface area is 166 Å². The van der Waals surface area contributed by atoms with Crippen molar-refractivity contribution in [3.05, 3.63) is 69.6 Å². The van der Waals surface area contributed by atoms with Gasteiger partial charge in [-0.15, -0.1) is 11.3 Å². The van der Waals surface area contributed by atoms with Crippen LogP contribution < -0.4 is 10.0 Å². The van der Waals surface area contributed by atoms with Gasteiger partial charge >= 0.3 is 0 Å². The van der Waals surface area contributed by atoms with Gasteiger partial charge in [-0.05, 0) is 17.0 Å². The zero-order valence-corrected chi connectivity index (χ0v) is 16.7. The second-order valence-electron chi connectivity index (χ2n) is 5.74. The Morgan fingerprint density at radius 3 is 2.63 bits per heavy atom. The number of carbonyl (C=O) groups is 1. The van der Waals surface area contributed by atoms with E-state index < -0.39 is 16.1 Å². The zero-order valence-electron chi connectivity index (χ0n) is 14.3. The molecule has 0 aliphatic heterocycles. The highest BCUT2D eigenvalue weighted by Crippen LogP contribution is 2.23. The Hall–Kier alpha value is -2.20. The number of amides is 1. The number of hydrogen-bond acceptors (Lipinski definition) is 5. The lowest BCUT2D eigenvalue weighted by Gasteiger charge is -2.19. The first-order valence-corrected chi connectivity index (χ1v) is 10.7. The molecule has 1 unspecified atom stereocenters. The number of hydrogen-bond donors (Lipinski definition) is 2. The van der Waals surface area contributed by atoms with Gasteiger partial charge < -0.3 is 5.32 Å². The second kappa shape index (κ2) is 8.22. The van der Waals surface area contributed by atoms with Crippen LogP contribution in [0, 0.1) is 0 Å². The van der Waals surface area contributed by atoms with E-state index in [0.29, 0.717) is 9.90 Å². The predicted molar refractivity (Wildman–Crippen MR) is 104 cm³/mol. The van der Waals surface area contributed by atoms with Crippen molar-refractivity contribution in [2.24, 2.45) is 7.05 Å². The molecule has 2 aromatic heterocycles. The van der Waals surface area contributed by atoms with Crippen LogP contribution in [0.25, 0.3) is 0 Å². The van der Waals surface area contributed by atoms with Gasteiger partial charge in [-0.1, -0.05) is 41.9 Å². The number of thiophene rings is 1. The van der Waals surface area contributed by atoms with Crippen LogP contribution >= 0.6 is 22.9 Å². The van der Waals surface area contributed by atoms with Gasteiger partial charge in [0.15, 0.2) is 0 Å². The van der Waals surface area contributed by atoms with E-state index >= 15 is 0 Å². The average Bonchev–Trinajstić information content (AvgIpc) is 3.28. The van der Waals surface area contributed by atoms with Crippen LogP contribution in [0.3, 0.4) is 0 Å². The molecule has 0 fully saturated rings. The molecule has 0 aliphatic carbocycles. The van der Waals surface area contributed by atoms with Gasteiger partial charge in [0, 0.05) is 19.8 Å². The van der Waals surface area contributed by atoms with Crippen molar-refractivity contribution in [2.75, 3.05) is 6.54 Å². The maximum atomic E-state index is 12.5. The minimum atomic E-state index is -3.75. The average molecular weight is 425 g/mol. The van der Waals surface area contributed by atoms with Crippen molar-refractivity contribution in [3.63, 3.8) is 0 Å². The maximum Gasteiger partial charge on any atom is 0.263 e. The van der Waals surface area contributed by atoms with E-state index in [4.69, 9.17) is 11.6 Å². The predicted octanol–water partition coefficient (Wildman–Crippen LogP) is 2.58. The van der Waals surface area contributed by atoms with Gasteiger partial charge in [0.1, 0.15) is 9.77 Å². The Bertz CT molecular complexity index is 1030. The molecule has 2 heterocycles. The highest BCUT2D eigenvalue weighted by molar-refractivity contribution is 7.89. The molecule has 10 heteroatoms. The van der Waals surface area contributed by atoms with E-state index in [9.17, 15) is 13.2 Å². The minimum absolute atomic E-state index is 0.0179. The Morgan fingerprint density at radius 1 is 1.30 bits per heavy atom. The van der Waals surface area contributed by atoms with E-state index in [-0.39, 0.29) is 17.3 Å². The van der Waals surface area contributed by atoms with Crippen molar-refractivity contribution in [3.8, 4) is 0 Å². The van der Waals surface area contributed by atoms with Crippen molar-refractivity contribution in [1.82, 2.24) is 19.8 Å². The molecule has 142 valence electrons. The largest absolute Gasteiger partial charge is 0.343 e. The Morgan fingerprint density at radius 2 is 2.04 bits per heavy atom. The number of benzene rings is 1. The molecule has 3 rings (SSSR count). The van der Waals surface area contributed by atoms with Gasteiger partial charge in [-0.3, -0.25) is 9.48 Å². The van der Waals surface area contributed by atoms with Gasteiger partial charge in [0.2, 0.25) is 10.0 Å². The molecule has 0 radical (unpaired) electrons. The third-order valence-corrected chi connectivity index (χ3v) is 6.52. The Balaban J connectivity index is 1.79. The standard InChI is InChI=1S/C17H17ClN4O3S2/c1-22-11-13(9-19-22)27(24,25)20-10-15(12-5-3-2-4-6-12)21-17(23)16-14(18)7-8-26-16/h2-9,11,15,20H,10H2,1H3,(H,21,23). The van der Waals surface area contributed by atoms with E-state index in [1.165, 1.54) is 28.4 Å². The SMILES string of the molecule is Cn1cc(S(=O)(=O)NCC(NC(=O)c2sccc2Cl)c2ccccc2)cn1. The molecule has 3 aromatic rings. The summed E-state index contributed by atoms with van der Waals surface area (Å²) in [6, 6.07) is 10.2. The number of aromatic nitrogens is 2. The van der Waals surface area contributed by atoms with E-state index in [2.05, 4.69) is 15.1 Å². The molecule has 0 spiro atoms. The molecule has 0 saturated heterocycles. The molecular weight excluding hydrogens is 408 g/mol. The fourth-order valence-corrected chi connectivity index (χ4v) is 4.50. The summed E-state index contributed by atoms with van der Waals surface area (Å²) in [6.45, 7) is -0.0179. The molecule has 27 heavy (non-hydrogen) atoms. The summed E-state index contributed by atoms with van der Waals surface area (Å²) in [5, 5.41) is 8.80. The number of nitrogens with zero attached hydrogens (tertiary/aromatic N) is 2. The lowest BCUT2D eigenvalue weighted by molar-refractivity contribution is 0.0941. The number of sulfonamides is 1. The summed E-state index contributed by atoms with van der Waals surface area (Å²) in [7, 11) is -2.11. The van der Waals surface area contributed by atoms with Crippen LogP contribution in [0.4, 0.5) is 0 Å². The monoisotopic (exact) mass is 424 g/mol. The molecule has 1 aromatic carbocycles. The Kier molecular flexibility index (Phi) is 5.95. The number of carbonyl (C=O) groups excluding carboxylic acids is 1. The summed E-state index contributed by atoms with van der Waals surface area (Å²) in [6.07, 6.45) is 2.67. The van der Waals surface area contributed by atoms with Crippen LogP contribution in [0.1, 0.15) is 21.3 Å². The topological polar surface area (TPSA) is 93.1 Å². The first kappa shape index (κ1) is 19.6. The quantitative estimate of drug-likeness (QED) is 0.609. The van der Waals surface area contributed by atoms with Crippen molar-refractivity contribution in [2.45, 2.75) is 10.9 Å². The molecule has 1 atom stereocenters. The van der Waals surface area contributed by atoms with Crippen molar-refractivity contribution < 1.29 is 13.2 Å². The van der Waals surface area contributed by atoms with E-state index in [1.54, 1.807) is 18.5 Å². The third kappa shape index (κ3) is 4.75. The van der Waals surface area contributed by atoms with Crippen LogP contribution in [-0.4, -0.2) is 30.7 Å². The van der Waals surface area contributed by atoms with E-state index in [1.807, 2.05) is 30.3 Å². The zero-order chi connectivity index (χ0) is 19.4. The third-order valence-electron chi connectivity index (χ3n) is 3.80. The molecular formula is C17H17ClN4O3S2. The fraction of sp³-hybridized carbons (Fsp3) is 0.176. The molecule has 0 saturated carbocycles. The summed E-state index contributed by atoms with van der Waals surface area (Å²) in [5.41, 5.74) is 0.771. The minimum Gasteiger partial charge on any atom is -0.343 e. The first-order valence-electron chi connectivity index (χ1n) is 7.94. The molecule has 0 aliphatic rings.